The smallest absolute Gasteiger partial charge is 0.254 e. The van der Waals surface area contributed by atoms with Crippen LogP contribution in [0.15, 0.2) is 30.6 Å². The number of aromatic nitrogens is 1. The van der Waals surface area contributed by atoms with E-state index >= 15 is 0 Å². The Morgan fingerprint density at radius 1 is 1.39 bits per heavy atom. The molecule has 0 bridgehead atoms. The Balaban J connectivity index is 1.98. The third kappa shape index (κ3) is 3.09. The molecular formula is C13H13ClN2OS. The van der Waals surface area contributed by atoms with Gasteiger partial charge in [0.1, 0.15) is 0 Å². The lowest BCUT2D eigenvalue weighted by molar-refractivity contribution is 0.0951. The second kappa shape index (κ2) is 5.98. The number of nitrogens with zero attached hydrogens (tertiary/aromatic N) is 1. The standard InChI is InChI=1S/C13H13ClN2OS/c1-2-9-3-4-10(18-9)7-16-13(17)11-8-15-6-5-12(11)14/h3-6,8H,2,7H2,1H3,(H,16,17). The number of hydrogen-bond donors (Lipinski definition) is 1. The summed E-state index contributed by atoms with van der Waals surface area (Å²) in [4.78, 5) is 18.2. The lowest BCUT2D eigenvalue weighted by Crippen LogP contribution is -2.22. The minimum atomic E-state index is -0.195. The first-order chi connectivity index (χ1) is 8.70. The fourth-order valence-corrected chi connectivity index (χ4v) is 2.60. The molecular weight excluding hydrogens is 268 g/mol. The number of thiophene rings is 1. The zero-order valence-corrected chi connectivity index (χ0v) is 11.5. The van der Waals surface area contributed by atoms with Crippen LogP contribution in [-0.2, 0) is 13.0 Å². The van der Waals surface area contributed by atoms with Gasteiger partial charge >= 0.3 is 0 Å². The maximum Gasteiger partial charge on any atom is 0.254 e. The van der Waals surface area contributed by atoms with Crippen molar-refractivity contribution in [1.29, 1.82) is 0 Å². The predicted molar refractivity (Wildman–Crippen MR) is 74.1 cm³/mol. The molecule has 1 N–H and O–H groups in total. The van der Waals surface area contributed by atoms with Crippen LogP contribution in [0.5, 0.6) is 0 Å². The number of halogens is 1. The van der Waals surface area contributed by atoms with Crippen molar-refractivity contribution in [3.8, 4) is 0 Å². The number of nitrogens with one attached hydrogen (secondary N) is 1. The van der Waals surface area contributed by atoms with Gasteiger partial charge in [-0.05, 0) is 24.6 Å². The first-order valence-corrected chi connectivity index (χ1v) is 6.85. The number of aryl methyl sites for hydroxylation is 1. The van der Waals surface area contributed by atoms with Crippen LogP contribution in [-0.4, -0.2) is 10.9 Å². The summed E-state index contributed by atoms with van der Waals surface area (Å²) in [7, 11) is 0. The van der Waals surface area contributed by atoms with E-state index in [9.17, 15) is 4.79 Å². The monoisotopic (exact) mass is 280 g/mol. The van der Waals surface area contributed by atoms with E-state index in [2.05, 4.69) is 23.3 Å². The summed E-state index contributed by atoms with van der Waals surface area (Å²) in [5.74, 6) is -0.195. The number of rotatable bonds is 4. The van der Waals surface area contributed by atoms with E-state index in [1.54, 1.807) is 23.6 Å². The molecule has 1 amide bonds. The molecule has 2 heterocycles. The molecule has 0 radical (unpaired) electrons. The minimum Gasteiger partial charge on any atom is -0.347 e. The van der Waals surface area contributed by atoms with E-state index in [4.69, 9.17) is 11.6 Å². The van der Waals surface area contributed by atoms with E-state index in [0.717, 1.165) is 11.3 Å². The van der Waals surface area contributed by atoms with Crippen LogP contribution in [0.4, 0.5) is 0 Å². The molecule has 18 heavy (non-hydrogen) atoms. The molecule has 0 saturated carbocycles. The average Bonchev–Trinajstić information content (AvgIpc) is 2.84. The lowest BCUT2D eigenvalue weighted by atomic mass is 10.2. The van der Waals surface area contributed by atoms with Crippen LogP contribution in [0.2, 0.25) is 5.02 Å². The normalized spacial score (nSPS) is 10.3. The molecule has 2 aromatic rings. The van der Waals surface area contributed by atoms with Crippen LogP contribution in [0, 0.1) is 0 Å². The largest absolute Gasteiger partial charge is 0.347 e. The molecule has 0 unspecified atom stereocenters. The summed E-state index contributed by atoms with van der Waals surface area (Å²) >= 11 is 7.64. The first-order valence-electron chi connectivity index (χ1n) is 5.66. The van der Waals surface area contributed by atoms with E-state index < -0.39 is 0 Å². The molecule has 0 spiro atoms. The van der Waals surface area contributed by atoms with Crippen LogP contribution < -0.4 is 5.32 Å². The highest BCUT2D eigenvalue weighted by atomic mass is 35.5. The highest BCUT2D eigenvalue weighted by Gasteiger charge is 2.10. The van der Waals surface area contributed by atoms with Crippen molar-refractivity contribution in [2.45, 2.75) is 19.9 Å². The summed E-state index contributed by atoms with van der Waals surface area (Å²) in [5, 5.41) is 3.26. The molecule has 0 aliphatic heterocycles. The Labute approximate surface area is 115 Å². The van der Waals surface area contributed by atoms with E-state index in [-0.39, 0.29) is 5.91 Å². The molecule has 0 saturated heterocycles. The molecule has 5 heteroatoms. The van der Waals surface area contributed by atoms with Gasteiger partial charge in [-0.2, -0.15) is 0 Å². The second-order valence-corrected chi connectivity index (χ2v) is 5.42. The van der Waals surface area contributed by atoms with Crippen molar-refractivity contribution >= 4 is 28.8 Å². The number of carbonyl (C=O) groups excluding carboxylic acids is 1. The van der Waals surface area contributed by atoms with Gasteiger partial charge in [0.25, 0.3) is 5.91 Å². The van der Waals surface area contributed by atoms with Gasteiger partial charge in [-0.1, -0.05) is 18.5 Å². The number of pyridine rings is 1. The Bertz CT molecular complexity index is 553. The summed E-state index contributed by atoms with van der Waals surface area (Å²) in [6.45, 7) is 2.64. The number of carbonyl (C=O) groups is 1. The Hall–Kier alpha value is -1.39. The van der Waals surface area contributed by atoms with Crippen LogP contribution >= 0.6 is 22.9 Å². The fraction of sp³-hybridized carbons (Fsp3) is 0.231. The molecule has 0 aliphatic carbocycles. The third-order valence-electron chi connectivity index (χ3n) is 2.50. The topological polar surface area (TPSA) is 42.0 Å². The predicted octanol–water partition coefficient (Wildman–Crippen LogP) is 3.29. The van der Waals surface area contributed by atoms with E-state index in [0.29, 0.717) is 17.1 Å². The Morgan fingerprint density at radius 3 is 2.83 bits per heavy atom. The number of hydrogen-bond acceptors (Lipinski definition) is 3. The van der Waals surface area contributed by atoms with Crippen molar-refractivity contribution in [2.75, 3.05) is 0 Å². The summed E-state index contributed by atoms with van der Waals surface area (Å²) in [6, 6.07) is 5.73. The summed E-state index contributed by atoms with van der Waals surface area (Å²) < 4.78 is 0. The van der Waals surface area contributed by atoms with Gasteiger partial charge in [-0.3, -0.25) is 9.78 Å². The van der Waals surface area contributed by atoms with Crippen molar-refractivity contribution in [2.24, 2.45) is 0 Å². The summed E-state index contributed by atoms with van der Waals surface area (Å²) in [6.07, 6.45) is 4.06. The Morgan fingerprint density at radius 2 is 2.17 bits per heavy atom. The van der Waals surface area contributed by atoms with Crippen LogP contribution in [0.3, 0.4) is 0 Å². The van der Waals surface area contributed by atoms with Gasteiger partial charge in [-0.15, -0.1) is 11.3 Å². The molecule has 2 aromatic heterocycles. The number of amides is 1. The molecule has 94 valence electrons. The van der Waals surface area contributed by atoms with Crippen molar-refractivity contribution in [3.63, 3.8) is 0 Å². The maximum atomic E-state index is 11.9. The third-order valence-corrected chi connectivity index (χ3v) is 4.06. The van der Waals surface area contributed by atoms with E-state index in [1.165, 1.54) is 11.1 Å². The van der Waals surface area contributed by atoms with Gasteiger partial charge in [0.15, 0.2) is 0 Å². The van der Waals surface area contributed by atoms with Gasteiger partial charge in [0.2, 0.25) is 0 Å². The molecule has 3 nitrogen and oxygen atoms in total. The average molecular weight is 281 g/mol. The zero-order chi connectivity index (χ0) is 13.0. The van der Waals surface area contributed by atoms with Gasteiger partial charge in [-0.25, -0.2) is 0 Å². The zero-order valence-electron chi connectivity index (χ0n) is 9.94. The molecule has 0 aromatic carbocycles. The Kier molecular flexibility index (Phi) is 4.33. The quantitative estimate of drug-likeness (QED) is 0.934. The molecule has 0 aliphatic rings. The SMILES string of the molecule is CCc1ccc(CNC(=O)c2cnccc2Cl)s1. The van der Waals surface area contributed by atoms with E-state index in [1.807, 2.05) is 6.07 Å². The molecule has 2 rings (SSSR count). The van der Waals surface area contributed by atoms with Gasteiger partial charge < -0.3 is 5.32 Å². The van der Waals surface area contributed by atoms with Crippen LogP contribution in [0.1, 0.15) is 27.0 Å². The highest BCUT2D eigenvalue weighted by molar-refractivity contribution is 7.11. The maximum absolute atomic E-state index is 11.9. The second-order valence-electron chi connectivity index (χ2n) is 3.76. The lowest BCUT2D eigenvalue weighted by Gasteiger charge is -2.04. The van der Waals surface area contributed by atoms with Gasteiger partial charge in [0.05, 0.1) is 17.1 Å². The van der Waals surface area contributed by atoms with Crippen LogP contribution in [0.25, 0.3) is 0 Å². The first kappa shape index (κ1) is 13.1. The van der Waals surface area contributed by atoms with Crippen molar-refractivity contribution in [1.82, 2.24) is 10.3 Å². The van der Waals surface area contributed by atoms with Gasteiger partial charge in [0, 0.05) is 22.1 Å². The van der Waals surface area contributed by atoms with Crippen molar-refractivity contribution in [3.05, 3.63) is 50.9 Å². The molecule has 0 fully saturated rings. The van der Waals surface area contributed by atoms with Crippen molar-refractivity contribution < 1.29 is 4.79 Å². The molecule has 0 atom stereocenters. The minimum absolute atomic E-state index is 0.195. The highest BCUT2D eigenvalue weighted by Crippen LogP contribution is 2.17. The fourth-order valence-electron chi connectivity index (χ4n) is 1.51. The summed E-state index contributed by atoms with van der Waals surface area (Å²) in [5.41, 5.74) is 0.409.